The lowest BCUT2D eigenvalue weighted by Crippen LogP contribution is -2.33. The van der Waals surface area contributed by atoms with E-state index in [0.29, 0.717) is 16.5 Å². The van der Waals surface area contributed by atoms with Crippen LogP contribution in [0.5, 0.6) is 0 Å². The summed E-state index contributed by atoms with van der Waals surface area (Å²) < 4.78 is 27.5. The number of hydrogen-bond donors (Lipinski definition) is 0. The fourth-order valence-electron chi connectivity index (χ4n) is 2.25. The third-order valence-electron chi connectivity index (χ3n) is 3.51. The Kier molecular flexibility index (Phi) is 5.64. The molecule has 0 aliphatic heterocycles. The maximum absolute atomic E-state index is 13.7. The van der Waals surface area contributed by atoms with Crippen LogP contribution in [0.1, 0.15) is 11.1 Å². The zero-order valence-electron chi connectivity index (χ0n) is 11.1. The van der Waals surface area contributed by atoms with Crippen LogP contribution >= 0.6 is 39.1 Å². The van der Waals surface area contributed by atoms with Crippen LogP contribution in [0.3, 0.4) is 0 Å². The fraction of sp³-hybridized carbons (Fsp3) is 0.250. The molecule has 2 aromatic rings. The van der Waals surface area contributed by atoms with Gasteiger partial charge in [0, 0.05) is 17.2 Å². The van der Waals surface area contributed by atoms with Crippen LogP contribution in [0.25, 0.3) is 0 Å². The summed E-state index contributed by atoms with van der Waals surface area (Å²) in [5.74, 6) is -0.263. The van der Waals surface area contributed by atoms with Crippen LogP contribution in [0.4, 0.5) is 8.78 Å². The van der Waals surface area contributed by atoms with Crippen LogP contribution in [0.2, 0.25) is 0 Å². The fourth-order valence-corrected chi connectivity index (χ4v) is 3.44. The van der Waals surface area contributed by atoms with Crippen LogP contribution in [0, 0.1) is 11.6 Å². The first-order valence-corrected chi connectivity index (χ1v) is 8.19. The van der Waals surface area contributed by atoms with E-state index < -0.39 is 5.41 Å². The average Bonchev–Trinajstić information content (AvgIpc) is 2.49. The van der Waals surface area contributed by atoms with E-state index in [1.54, 1.807) is 24.3 Å². The summed E-state index contributed by atoms with van der Waals surface area (Å²) in [5.41, 5.74) is 0.811. The molecule has 112 valence electrons. The van der Waals surface area contributed by atoms with E-state index >= 15 is 0 Å². The molecule has 0 unspecified atom stereocenters. The Balaban J connectivity index is 2.45. The largest absolute Gasteiger partial charge is 0.207 e. The first-order chi connectivity index (χ1) is 10.0. The highest BCUT2D eigenvalue weighted by molar-refractivity contribution is 9.10. The average molecular weight is 394 g/mol. The lowest BCUT2D eigenvalue weighted by Gasteiger charge is -2.31. The molecule has 5 heteroatoms. The second-order valence-electron chi connectivity index (χ2n) is 4.95. The minimum Gasteiger partial charge on any atom is -0.207 e. The van der Waals surface area contributed by atoms with Gasteiger partial charge in [0.15, 0.2) is 0 Å². The second-order valence-corrected chi connectivity index (χ2v) is 6.28. The molecular formula is C16H13BrCl2F2. The highest BCUT2D eigenvalue weighted by Gasteiger charge is 2.32. The summed E-state index contributed by atoms with van der Waals surface area (Å²) >= 11 is 15.5. The second kappa shape index (κ2) is 7.08. The molecule has 0 heterocycles. The van der Waals surface area contributed by atoms with Crippen molar-refractivity contribution >= 4 is 39.1 Å². The lowest BCUT2D eigenvalue weighted by molar-refractivity contribution is 0.523. The van der Waals surface area contributed by atoms with E-state index in [4.69, 9.17) is 23.2 Å². The highest BCUT2D eigenvalue weighted by Crippen LogP contribution is 2.34. The number of benzene rings is 2. The van der Waals surface area contributed by atoms with Gasteiger partial charge in [0.25, 0.3) is 0 Å². The molecule has 0 saturated carbocycles. The predicted molar refractivity (Wildman–Crippen MR) is 87.3 cm³/mol. The van der Waals surface area contributed by atoms with Crippen molar-refractivity contribution in [3.63, 3.8) is 0 Å². The first kappa shape index (κ1) is 16.7. The Morgan fingerprint density at radius 3 is 2.29 bits per heavy atom. The Bertz CT molecular complexity index is 627. The molecular weight excluding hydrogens is 381 g/mol. The molecule has 0 aliphatic rings. The Morgan fingerprint density at radius 1 is 1.00 bits per heavy atom. The van der Waals surface area contributed by atoms with Crippen LogP contribution in [-0.2, 0) is 11.8 Å². The van der Waals surface area contributed by atoms with Gasteiger partial charge in [-0.3, -0.25) is 0 Å². The van der Waals surface area contributed by atoms with E-state index in [9.17, 15) is 8.78 Å². The zero-order valence-corrected chi connectivity index (χ0v) is 14.2. The maximum atomic E-state index is 13.7. The molecule has 0 radical (unpaired) electrons. The van der Waals surface area contributed by atoms with Crippen LogP contribution in [0.15, 0.2) is 46.9 Å². The maximum Gasteiger partial charge on any atom is 0.137 e. The van der Waals surface area contributed by atoms with E-state index in [0.717, 1.165) is 5.56 Å². The van der Waals surface area contributed by atoms with Gasteiger partial charge in [-0.1, -0.05) is 24.3 Å². The SMILES string of the molecule is Fc1cccc(C(CCl)(CCl)Cc2cccc(F)c2Br)c1. The minimum absolute atomic E-state index is 0.211. The van der Waals surface area contributed by atoms with Gasteiger partial charge in [-0.15, -0.1) is 23.2 Å². The van der Waals surface area contributed by atoms with Gasteiger partial charge >= 0.3 is 0 Å². The summed E-state index contributed by atoms with van der Waals surface area (Å²) in [6, 6.07) is 11.0. The van der Waals surface area contributed by atoms with Crippen molar-refractivity contribution < 1.29 is 8.78 Å². The number of rotatable bonds is 5. The van der Waals surface area contributed by atoms with Gasteiger partial charge in [0.2, 0.25) is 0 Å². The van der Waals surface area contributed by atoms with Gasteiger partial charge in [0.05, 0.1) is 4.47 Å². The smallest absolute Gasteiger partial charge is 0.137 e. The normalized spacial score (nSPS) is 11.7. The molecule has 0 saturated heterocycles. The van der Waals surface area contributed by atoms with Gasteiger partial charge in [-0.2, -0.15) is 0 Å². The van der Waals surface area contributed by atoms with E-state index in [1.807, 2.05) is 0 Å². The molecule has 0 aliphatic carbocycles. The Labute approximate surface area is 141 Å². The summed E-state index contributed by atoms with van der Waals surface area (Å²) in [6.07, 6.45) is 0.418. The molecule has 0 nitrogen and oxygen atoms in total. The molecule has 21 heavy (non-hydrogen) atoms. The summed E-state index contributed by atoms with van der Waals surface area (Å²) in [4.78, 5) is 0. The monoisotopic (exact) mass is 392 g/mol. The third kappa shape index (κ3) is 3.58. The lowest BCUT2D eigenvalue weighted by atomic mass is 9.78. The molecule has 2 rings (SSSR count). The zero-order chi connectivity index (χ0) is 15.5. The van der Waals surface area contributed by atoms with Gasteiger partial charge in [0.1, 0.15) is 11.6 Å². The molecule has 0 spiro atoms. The van der Waals surface area contributed by atoms with Crippen molar-refractivity contribution in [2.45, 2.75) is 11.8 Å². The molecule has 0 N–H and O–H groups in total. The Morgan fingerprint density at radius 2 is 1.67 bits per heavy atom. The van der Waals surface area contributed by atoms with Crippen molar-refractivity contribution in [2.24, 2.45) is 0 Å². The number of alkyl halides is 2. The summed E-state index contributed by atoms with van der Waals surface area (Å²) in [6.45, 7) is 0. The number of hydrogen-bond acceptors (Lipinski definition) is 0. The van der Waals surface area contributed by atoms with Gasteiger partial charge in [-0.25, -0.2) is 8.78 Å². The number of halogens is 5. The molecule has 0 bridgehead atoms. The van der Waals surface area contributed by atoms with Crippen LogP contribution < -0.4 is 0 Å². The Hall–Kier alpha value is -0.640. The van der Waals surface area contributed by atoms with E-state index in [2.05, 4.69) is 15.9 Å². The topological polar surface area (TPSA) is 0 Å². The molecule has 0 aromatic heterocycles. The van der Waals surface area contributed by atoms with Crippen molar-refractivity contribution in [1.29, 1.82) is 0 Å². The minimum atomic E-state index is -0.651. The van der Waals surface area contributed by atoms with Gasteiger partial charge < -0.3 is 0 Å². The van der Waals surface area contributed by atoms with Crippen molar-refractivity contribution in [1.82, 2.24) is 0 Å². The third-order valence-corrected chi connectivity index (χ3v) is 5.42. The molecule has 0 atom stereocenters. The molecule has 0 fully saturated rings. The highest BCUT2D eigenvalue weighted by atomic mass is 79.9. The van der Waals surface area contributed by atoms with Crippen LogP contribution in [-0.4, -0.2) is 11.8 Å². The van der Waals surface area contributed by atoms with Crippen molar-refractivity contribution in [2.75, 3.05) is 11.8 Å². The van der Waals surface area contributed by atoms with E-state index in [1.165, 1.54) is 18.2 Å². The van der Waals surface area contributed by atoms with Crippen molar-refractivity contribution in [3.8, 4) is 0 Å². The molecule has 2 aromatic carbocycles. The molecule has 0 amide bonds. The summed E-state index contributed by atoms with van der Waals surface area (Å²) in [7, 11) is 0. The predicted octanol–water partition coefficient (Wildman–Crippen LogP) is 5.69. The van der Waals surface area contributed by atoms with Crippen molar-refractivity contribution in [3.05, 3.63) is 69.7 Å². The first-order valence-electron chi connectivity index (χ1n) is 6.33. The van der Waals surface area contributed by atoms with Gasteiger partial charge in [-0.05, 0) is 51.7 Å². The van der Waals surface area contributed by atoms with E-state index in [-0.39, 0.29) is 23.4 Å². The summed E-state index contributed by atoms with van der Waals surface area (Å²) in [5, 5.41) is 0. The quantitative estimate of drug-likeness (QED) is 0.572. The standard InChI is InChI=1S/C16H13BrCl2F2/c17-15-11(3-1-6-14(15)21)8-16(9-18,10-19)12-4-2-5-13(20)7-12/h1-7H,8-10H2.